The minimum absolute atomic E-state index is 0.0140. The van der Waals surface area contributed by atoms with E-state index in [0.717, 1.165) is 17.8 Å². The molecule has 0 fully saturated rings. The third-order valence-electron chi connectivity index (χ3n) is 2.77. The second kappa shape index (κ2) is 3.87. The summed E-state index contributed by atoms with van der Waals surface area (Å²) in [6.07, 6.45) is 6.88. The Morgan fingerprint density at radius 1 is 1.50 bits per heavy atom. The predicted octanol–water partition coefficient (Wildman–Crippen LogP) is 1.69. The minimum Gasteiger partial charge on any atom is -0.330 e. The van der Waals surface area contributed by atoms with Crippen molar-refractivity contribution in [2.75, 3.05) is 13.1 Å². The number of nitrogens with two attached hydrogens (primary N) is 1. The molecule has 4 heteroatoms. The fourth-order valence-corrected chi connectivity index (χ4v) is 1.90. The molecule has 1 aliphatic heterocycles. The summed E-state index contributed by atoms with van der Waals surface area (Å²) >= 11 is 0. The number of amides is 2. The zero-order chi connectivity index (χ0) is 11.8. The lowest BCUT2D eigenvalue weighted by molar-refractivity contribution is 0.225. The van der Waals surface area contributed by atoms with E-state index >= 15 is 0 Å². The first-order valence-corrected chi connectivity index (χ1v) is 5.56. The fraction of sp³-hybridized carbons (Fsp3) is 0.500. The summed E-state index contributed by atoms with van der Waals surface area (Å²) < 4.78 is 0. The molecule has 0 saturated heterocycles. The number of urea groups is 1. The number of hydrogen-bond donors (Lipinski definition) is 1. The summed E-state index contributed by atoms with van der Waals surface area (Å²) in [5, 5.41) is 0. The van der Waals surface area contributed by atoms with Crippen LogP contribution in [0.4, 0.5) is 4.79 Å². The van der Waals surface area contributed by atoms with Gasteiger partial charge in [0.1, 0.15) is 0 Å². The van der Waals surface area contributed by atoms with Gasteiger partial charge >= 0.3 is 6.03 Å². The second-order valence-electron chi connectivity index (χ2n) is 4.76. The van der Waals surface area contributed by atoms with Crippen molar-refractivity contribution in [2.24, 2.45) is 16.1 Å². The van der Waals surface area contributed by atoms with E-state index < -0.39 is 0 Å². The molecule has 0 bridgehead atoms. The lowest BCUT2D eigenvalue weighted by Crippen LogP contribution is -2.29. The Kier molecular flexibility index (Phi) is 2.68. The van der Waals surface area contributed by atoms with E-state index in [4.69, 9.17) is 5.73 Å². The van der Waals surface area contributed by atoms with E-state index in [1.165, 1.54) is 0 Å². The van der Waals surface area contributed by atoms with Crippen molar-refractivity contribution in [3.05, 3.63) is 23.9 Å². The average Bonchev–Trinajstić information content (AvgIpc) is 2.50. The minimum atomic E-state index is -0.169. The van der Waals surface area contributed by atoms with Crippen LogP contribution in [0.3, 0.4) is 0 Å². The van der Waals surface area contributed by atoms with Crippen LogP contribution in [-0.2, 0) is 0 Å². The Balaban J connectivity index is 2.25. The molecule has 0 radical (unpaired) electrons. The van der Waals surface area contributed by atoms with Gasteiger partial charge < -0.3 is 5.73 Å². The van der Waals surface area contributed by atoms with E-state index in [0.29, 0.717) is 13.1 Å². The van der Waals surface area contributed by atoms with Gasteiger partial charge in [-0.25, -0.2) is 4.79 Å². The number of carbonyl (C=O) groups is 1. The number of rotatable bonds is 3. The molecule has 1 aliphatic carbocycles. The van der Waals surface area contributed by atoms with Gasteiger partial charge in [-0.05, 0) is 25.1 Å². The van der Waals surface area contributed by atoms with Crippen LogP contribution in [0, 0.1) is 5.41 Å². The molecule has 0 spiro atoms. The van der Waals surface area contributed by atoms with Crippen molar-refractivity contribution in [3.8, 4) is 0 Å². The molecule has 0 atom stereocenters. The van der Waals surface area contributed by atoms with Gasteiger partial charge in [0, 0.05) is 12.0 Å². The third kappa shape index (κ3) is 1.93. The number of allylic oxidation sites excluding steroid dienone is 3. The molecule has 1 heterocycles. The first-order valence-electron chi connectivity index (χ1n) is 5.56. The van der Waals surface area contributed by atoms with Gasteiger partial charge in [-0.2, -0.15) is 4.99 Å². The van der Waals surface area contributed by atoms with Crippen molar-refractivity contribution in [3.63, 3.8) is 0 Å². The molecular formula is C12H17N3O. The summed E-state index contributed by atoms with van der Waals surface area (Å²) in [4.78, 5) is 17.4. The predicted molar refractivity (Wildman–Crippen MR) is 64.2 cm³/mol. The number of hydrogen-bond acceptors (Lipinski definition) is 2. The quantitative estimate of drug-likeness (QED) is 0.785. The first-order chi connectivity index (χ1) is 7.53. The highest BCUT2D eigenvalue weighted by atomic mass is 16.2. The number of carbonyl (C=O) groups excluding carboxylic acids is 1. The second-order valence-corrected chi connectivity index (χ2v) is 4.76. The molecular weight excluding hydrogens is 202 g/mol. The molecule has 0 aromatic rings. The van der Waals surface area contributed by atoms with Crippen LogP contribution in [0.5, 0.6) is 0 Å². The van der Waals surface area contributed by atoms with E-state index in [2.05, 4.69) is 31.0 Å². The van der Waals surface area contributed by atoms with Gasteiger partial charge in [0.05, 0.1) is 11.4 Å². The lowest BCUT2D eigenvalue weighted by Gasteiger charge is -2.25. The zero-order valence-corrected chi connectivity index (χ0v) is 9.73. The van der Waals surface area contributed by atoms with Crippen LogP contribution in [0.2, 0.25) is 0 Å². The first kappa shape index (κ1) is 11.1. The van der Waals surface area contributed by atoms with Crippen LogP contribution in [0.25, 0.3) is 0 Å². The van der Waals surface area contributed by atoms with Crippen LogP contribution < -0.4 is 5.73 Å². The van der Waals surface area contributed by atoms with Crippen molar-refractivity contribution >= 4 is 11.7 Å². The van der Waals surface area contributed by atoms with Crippen molar-refractivity contribution in [1.29, 1.82) is 0 Å². The SMILES string of the molecule is CC1(C)C=CC2=NC(=O)N(CCCN)C2=C1. The van der Waals surface area contributed by atoms with Crippen LogP contribution in [0.15, 0.2) is 28.9 Å². The Bertz CT molecular complexity index is 404. The molecule has 16 heavy (non-hydrogen) atoms. The summed E-state index contributed by atoms with van der Waals surface area (Å²) in [6.45, 7) is 5.46. The average molecular weight is 219 g/mol. The van der Waals surface area contributed by atoms with Crippen molar-refractivity contribution < 1.29 is 4.79 Å². The van der Waals surface area contributed by atoms with Gasteiger partial charge in [0.2, 0.25) is 0 Å². The number of fused-ring (bicyclic) bond motifs is 1. The Labute approximate surface area is 95.5 Å². The molecule has 0 saturated carbocycles. The molecule has 4 nitrogen and oxygen atoms in total. The maximum Gasteiger partial charge on any atom is 0.348 e. The van der Waals surface area contributed by atoms with E-state index in [9.17, 15) is 4.79 Å². The zero-order valence-electron chi connectivity index (χ0n) is 9.73. The van der Waals surface area contributed by atoms with Crippen LogP contribution >= 0.6 is 0 Å². The van der Waals surface area contributed by atoms with E-state index in [1.54, 1.807) is 4.90 Å². The molecule has 0 unspecified atom stereocenters. The monoisotopic (exact) mass is 219 g/mol. The van der Waals surface area contributed by atoms with Crippen LogP contribution in [-0.4, -0.2) is 29.7 Å². The van der Waals surface area contributed by atoms with E-state index in [-0.39, 0.29) is 11.4 Å². The Hall–Kier alpha value is -1.42. The summed E-state index contributed by atoms with van der Waals surface area (Å²) in [5.74, 6) is 0. The largest absolute Gasteiger partial charge is 0.348 e. The highest BCUT2D eigenvalue weighted by Gasteiger charge is 2.31. The van der Waals surface area contributed by atoms with Gasteiger partial charge in [0.15, 0.2) is 0 Å². The van der Waals surface area contributed by atoms with Gasteiger partial charge in [0.25, 0.3) is 0 Å². The normalized spacial score (nSPS) is 21.9. The van der Waals surface area contributed by atoms with Gasteiger partial charge in [-0.3, -0.25) is 4.90 Å². The molecule has 2 N–H and O–H groups in total. The van der Waals surface area contributed by atoms with E-state index in [1.807, 2.05) is 6.08 Å². The molecule has 2 rings (SSSR count). The maximum atomic E-state index is 11.7. The van der Waals surface area contributed by atoms with Crippen LogP contribution in [0.1, 0.15) is 20.3 Å². The third-order valence-corrected chi connectivity index (χ3v) is 2.77. The highest BCUT2D eigenvalue weighted by molar-refractivity contribution is 6.18. The molecule has 2 aliphatic rings. The van der Waals surface area contributed by atoms with Gasteiger partial charge in [-0.15, -0.1) is 0 Å². The standard InChI is InChI=1S/C12H17N3O/c1-12(2)5-4-9-10(8-12)15(7-3-6-13)11(16)14-9/h4-5,8H,3,6-7,13H2,1-2H3. The summed E-state index contributed by atoms with van der Waals surface area (Å²) in [7, 11) is 0. The molecule has 86 valence electrons. The Morgan fingerprint density at radius 2 is 2.25 bits per heavy atom. The number of aliphatic imine (C=N–C) groups is 1. The topological polar surface area (TPSA) is 58.7 Å². The molecule has 0 aromatic carbocycles. The molecule has 2 amide bonds. The fourth-order valence-electron chi connectivity index (χ4n) is 1.90. The highest BCUT2D eigenvalue weighted by Crippen LogP contribution is 2.31. The molecule has 0 aromatic heterocycles. The number of nitrogens with zero attached hydrogens (tertiary/aromatic N) is 2. The Morgan fingerprint density at radius 3 is 2.94 bits per heavy atom. The maximum absolute atomic E-state index is 11.7. The van der Waals surface area contributed by atoms with Gasteiger partial charge in [-0.1, -0.05) is 19.9 Å². The summed E-state index contributed by atoms with van der Waals surface area (Å²) in [5.41, 5.74) is 7.17. The lowest BCUT2D eigenvalue weighted by atomic mass is 9.87. The van der Waals surface area contributed by atoms with Crippen molar-refractivity contribution in [2.45, 2.75) is 20.3 Å². The smallest absolute Gasteiger partial charge is 0.330 e. The summed E-state index contributed by atoms with van der Waals surface area (Å²) in [6, 6.07) is -0.169. The van der Waals surface area contributed by atoms with Crippen molar-refractivity contribution in [1.82, 2.24) is 4.90 Å².